The van der Waals surface area contributed by atoms with Gasteiger partial charge in [0.15, 0.2) is 0 Å². The molecule has 1 aliphatic carbocycles. The second-order valence-electron chi connectivity index (χ2n) is 8.68. The number of nitro groups is 1. The van der Waals surface area contributed by atoms with Crippen molar-refractivity contribution in [2.75, 3.05) is 33.3 Å². The highest BCUT2D eigenvalue weighted by Gasteiger charge is 2.32. The molecule has 1 aliphatic heterocycles. The van der Waals surface area contributed by atoms with E-state index in [1.807, 2.05) is 0 Å². The highest BCUT2D eigenvalue weighted by Crippen LogP contribution is 2.29. The molecule has 8 nitrogen and oxygen atoms in total. The molecule has 0 spiro atoms. The number of likely N-dealkylation sites (tertiary alicyclic amines) is 1. The molecule has 9 heteroatoms. The average Bonchev–Trinajstić information content (AvgIpc) is 2.79. The largest absolute Gasteiger partial charge is 0.378 e. The van der Waals surface area contributed by atoms with Gasteiger partial charge in [-0.3, -0.25) is 10.1 Å². The Balaban J connectivity index is 1.38. The zero-order valence-electron chi connectivity index (χ0n) is 18.4. The smallest absolute Gasteiger partial charge is 0.269 e. The Bertz CT molecular complexity index is 801. The fourth-order valence-electron chi connectivity index (χ4n) is 4.55. The van der Waals surface area contributed by atoms with Crippen LogP contribution in [-0.2, 0) is 14.8 Å². The third kappa shape index (κ3) is 6.71. The lowest BCUT2D eigenvalue weighted by Gasteiger charge is -2.34. The van der Waals surface area contributed by atoms with Gasteiger partial charge in [0.2, 0.25) is 10.0 Å². The normalized spacial score (nSPS) is 23.2. The quantitative estimate of drug-likeness (QED) is 0.304. The van der Waals surface area contributed by atoms with E-state index in [0.717, 1.165) is 38.7 Å². The fourth-order valence-corrected chi connectivity index (χ4v) is 5.96. The molecule has 1 heterocycles. The van der Waals surface area contributed by atoms with E-state index in [1.165, 1.54) is 73.9 Å². The molecule has 1 saturated carbocycles. The van der Waals surface area contributed by atoms with Crippen LogP contribution in [0.5, 0.6) is 0 Å². The van der Waals surface area contributed by atoms with Gasteiger partial charge in [0, 0.05) is 31.8 Å². The first-order valence-corrected chi connectivity index (χ1v) is 12.9. The molecule has 3 rings (SSSR count). The summed E-state index contributed by atoms with van der Waals surface area (Å²) in [7, 11) is -2.07. The molecule has 31 heavy (non-hydrogen) atoms. The number of nitro benzene ring substituents is 1. The SMILES string of the molecule is CN([C@H]1CC[C@H](OCCCCN2CCCCC2)CC1)S(=O)(=O)c1ccc([N+](=O)[O-])cc1. The van der Waals surface area contributed by atoms with Gasteiger partial charge in [0.1, 0.15) is 0 Å². The Morgan fingerprint density at radius 2 is 1.71 bits per heavy atom. The van der Waals surface area contributed by atoms with E-state index < -0.39 is 14.9 Å². The summed E-state index contributed by atoms with van der Waals surface area (Å²) >= 11 is 0. The van der Waals surface area contributed by atoms with Crippen LogP contribution in [0.2, 0.25) is 0 Å². The fraction of sp³-hybridized carbons (Fsp3) is 0.727. The van der Waals surface area contributed by atoms with Crippen LogP contribution in [-0.4, -0.2) is 68.0 Å². The maximum absolute atomic E-state index is 12.9. The molecule has 0 bridgehead atoms. The first kappa shape index (κ1) is 24.1. The Morgan fingerprint density at radius 3 is 2.32 bits per heavy atom. The third-order valence-corrected chi connectivity index (χ3v) is 8.48. The number of hydrogen-bond acceptors (Lipinski definition) is 6. The lowest BCUT2D eigenvalue weighted by atomic mass is 9.93. The zero-order chi connectivity index (χ0) is 22.3. The Hall–Kier alpha value is -1.55. The van der Waals surface area contributed by atoms with Gasteiger partial charge >= 0.3 is 0 Å². The molecule has 2 fully saturated rings. The summed E-state index contributed by atoms with van der Waals surface area (Å²) in [6, 6.07) is 5.01. The van der Waals surface area contributed by atoms with Crippen LogP contribution < -0.4 is 0 Å². The van der Waals surface area contributed by atoms with Crippen LogP contribution in [0.4, 0.5) is 5.69 Å². The second kappa shape index (κ2) is 11.4. The van der Waals surface area contributed by atoms with Crippen LogP contribution in [0.1, 0.15) is 57.8 Å². The Morgan fingerprint density at radius 1 is 1.06 bits per heavy atom. The van der Waals surface area contributed by atoms with Crippen molar-refractivity contribution in [3.05, 3.63) is 34.4 Å². The second-order valence-corrected chi connectivity index (χ2v) is 10.7. The van der Waals surface area contributed by atoms with E-state index in [4.69, 9.17) is 4.74 Å². The van der Waals surface area contributed by atoms with Gasteiger partial charge in [0.25, 0.3) is 5.69 Å². The van der Waals surface area contributed by atoms with E-state index in [1.54, 1.807) is 7.05 Å². The van der Waals surface area contributed by atoms with E-state index >= 15 is 0 Å². The van der Waals surface area contributed by atoms with Crippen molar-refractivity contribution in [2.45, 2.75) is 74.8 Å². The van der Waals surface area contributed by atoms with Crippen LogP contribution in [0.15, 0.2) is 29.2 Å². The van der Waals surface area contributed by atoms with Gasteiger partial charge < -0.3 is 9.64 Å². The number of ether oxygens (including phenoxy) is 1. The molecular formula is C22H35N3O5S. The minimum absolute atomic E-state index is 0.0702. The van der Waals surface area contributed by atoms with Gasteiger partial charge in [0.05, 0.1) is 15.9 Å². The molecule has 1 aromatic carbocycles. The lowest BCUT2D eigenvalue weighted by Crippen LogP contribution is -2.40. The van der Waals surface area contributed by atoms with Crippen LogP contribution in [0.25, 0.3) is 0 Å². The lowest BCUT2D eigenvalue weighted by molar-refractivity contribution is -0.384. The predicted molar refractivity (Wildman–Crippen MR) is 120 cm³/mol. The first-order chi connectivity index (χ1) is 14.9. The summed E-state index contributed by atoms with van der Waals surface area (Å²) in [5.41, 5.74) is -0.116. The van der Waals surface area contributed by atoms with Gasteiger partial charge in [-0.15, -0.1) is 0 Å². The summed E-state index contributed by atoms with van der Waals surface area (Å²) < 4.78 is 33.3. The Labute approximate surface area is 185 Å². The molecule has 0 aromatic heterocycles. The molecule has 2 aliphatic rings. The highest BCUT2D eigenvalue weighted by atomic mass is 32.2. The van der Waals surface area contributed by atoms with Crippen LogP contribution >= 0.6 is 0 Å². The average molecular weight is 454 g/mol. The molecule has 0 unspecified atom stereocenters. The molecule has 0 N–H and O–H groups in total. The third-order valence-electron chi connectivity index (χ3n) is 6.55. The monoisotopic (exact) mass is 453 g/mol. The summed E-state index contributed by atoms with van der Waals surface area (Å²) in [5.74, 6) is 0. The van der Waals surface area contributed by atoms with Gasteiger partial charge in [-0.05, 0) is 83.1 Å². The number of sulfonamides is 1. The number of unbranched alkanes of at least 4 members (excludes halogenated alkanes) is 1. The maximum atomic E-state index is 12.9. The molecule has 0 radical (unpaired) electrons. The first-order valence-electron chi connectivity index (χ1n) is 11.4. The molecular weight excluding hydrogens is 418 g/mol. The van der Waals surface area contributed by atoms with E-state index in [9.17, 15) is 18.5 Å². The summed E-state index contributed by atoms with van der Waals surface area (Å²) in [6.45, 7) is 4.42. The summed E-state index contributed by atoms with van der Waals surface area (Å²) in [5, 5.41) is 10.8. The number of rotatable bonds is 10. The topological polar surface area (TPSA) is 93.0 Å². The molecule has 1 saturated heterocycles. The van der Waals surface area contributed by atoms with E-state index in [-0.39, 0.29) is 22.7 Å². The zero-order valence-corrected chi connectivity index (χ0v) is 19.3. The number of nitrogens with zero attached hydrogens (tertiary/aromatic N) is 3. The van der Waals surface area contributed by atoms with Crippen LogP contribution in [0.3, 0.4) is 0 Å². The number of benzene rings is 1. The minimum atomic E-state index is -3.67. The number of hydrogen-bond donors (Lipinski definition) is 0. The predicted octanol–water partition coefficient (Wildman–Crippen LogP) is 3.81. The molecule has 174 valence electrons. The van der Waals surface area contributed by atoms with Crippen molar-refractivity contribution in [2.24, 2.45) is 0 Å². The van der Waals surface area contributed by atoms with Crippen molar-refractivity contribution < 1.29 is 18.1 Å². The number of piperidine rings is 1. The van der Waals surface area contributed by atoms with Gasteiger partial charge in [-0.25, -0.2) is 8.42 Å². The van der Waals surface area contributed by atoms with Gasteiger partial charge in [-0.2, -0.15) is 4.31 Å². The van der Waals surface area contributed by atoms with E-state index in [2.05, 4.69) is 4.90 Å². The Kier molecular flexibility index (Phi) is 8.83. The highest BCUT2D eigenvalue weighted by molar-refractivity contribution is 7.89. The minimum Gasteiger partial charge on any atom is -0.378 e. The van der Waals surface area contributed by atoms with Crippen molar-refractivity contribution in [3.8, 4) is 0 Å². The van der Waals surface area contributed by atoms with Crippen molar-refractivity contribution >= 4 is 15.7 Å². The number of non-ortho nitro benzene ring substituents is 1. The maximum Gasteiger partial charge on any atom is 0.269 e. The molecule has 0 amide bonds. The molecule has 1 aromatic rings. The van der Waals surface area contributed by atoms with E-state index in [0.29, 0.717) is 0 Å². The molecule has 0 atom stereocenters. The van der Waals surface area contributed by atoms with Crippen LogP contribution in [0, 0.1) is 10.1 Å². The summed E-state index contributed by atoms with van der Waals surface area (Å²) in [4.78, 5) is 12.9. The van der Waals surface area contributed by atoms with Crippen molar-refractivity contribution in [3.63, 3.8) is 0 Å². The summed E-state index contributed by atoms with van der Waals surface area (Å²) in [6.07, 6.45) is 9.73. The standard InChI is InChI=1S/C22H35N3O5S/c1-23(31(28,29)22-13-9-20(10-14-22)25(26)27)19-7-11-21(12-8-19)30-18-6-5-17-24-15-3-2-4-16-24/h9-10,13-14,19,21H,2-8,11-12,15-18H2,1H3/t19-,21-. The van der Waals surface area contributed by atoms with Crippen molar-refractivity contribution in [1.82, 2.24) is 9.21 Å². The van der Waals surface area contributed by atoms with Crippen molar-refractivity contribution in [1.29, 1.82) is 0 Å². The van der Waals surface area contributed by atoms with Gasteiger partial charge in [-0.1, -0.05) is 6.42 Å².